The number of nitrogens with one attached hydrogen (secondary N) is 4. The quantitative estimate of drug-likeness (QED) is 0.337. The fraction of sp³-hybridized carbons (Fsp3) is 0.469. The molecule has 2 heterocycles. The van der Waals surface area contributed by atoms with E-state index in [0.29, 0.717) is 37.0 Å². The Hall–Kier alpha value is -3.76. The third-order valence-corrected chi connectivity index (χ3v) is 7.54. The molecule has 0 radical (unpaired) electrons. The summed E-state index contributed by atoms with van der Waals surface area (Å²) in [5, 5.41) is 13.3. The number of benzene rings is 2. The van der Waals surface area contributed by atoms with Crippen molar-refractivity contribution in [1.29, 1.82) is 0 Å². The van der Waals surface area contributed by atoms with Gasteiger partial charge in [-0.15, -0.1) is 0 Å². The Labute approximate surface area is 259 Å². The van der Waals surface area contributed by atoms with E-state index < -0.39 is 5.60 Å². The van der Waals surface area contributed by atoms with Gasteiger partial charge in [-0.05, 0) is 88.9 Å². The number of carbonyl (C=O) groups excluding carboxylic acids is 2. The van der Waals surface area contributed by atoms with E-state index in [9.17, 15) is 9.59 Å². The van der Waals surface area contributed by atoms with Crippen molar-refractivity contribution < 1.29 is 14.3 Å². The van der Waals surface area contributed by atoms with Gasteiger partial charge in [-0.3, -0.25) is 4.90 Å². The minimum absolute atomic E-state index is 0.204. The Morgan fingerprint density at radius 2 is 1.86 bits per heavy atom. The molecule has 4 rings (SSSR count). The second kappa shape index (κ2) is 14.6. The molecule has 0 aliphatic carbocycles. The summed E-state index contributed by atoms with van der Waals surface area (Å²) < 4.78 is 5.48. The third-order valence-electron chi connectivity index (χ3n) is 7.14. The van der Waals surface area contributed by atoms with E-state index in [1.54, 1.807) is 11.0 Å². The lowest BCUT2D eigenvalue weighted by atomic mass is 10.0. The molecule has 2 aliphatic rings. The first kappa shape index (κ1) is 32.2. The first-order valence-electron chi connectivity index (χ1n) is 14.9. The van der Waals surface area contributed by atoms with Crippen LogP contribution in [0.5, 0.6) is 0 Å². The van der Waals surface area contributed by atoms with Crippen LogP contribution in [-0.2, 0) is 17.6 Å². The standard InChI is InChI=1S/C32H44ClN7O3/c1-6-27(33)29-36-22(2)35-25-9-7-8-23(20-25)10-11-24-21-26(37-29)12-13-28(24)38-30(41)34-14-15-39-16-18-40(19-17-39)31(42)43-32(3,4)5/h6-9,12-13,20-22,35H,10-11,14-19H2,1-5H3,(H,36,37)(H2,34,38,41)/b27-6+. The van der Waals surface area contributed by atoms with E-state index in [0.717, 1.165) is 48.6 Å². The number of rotatable bonds is 5. The van der Waals surface area contributed by atoms with Crippen LogP contribution in [0.4, 0.5) is 26.7 Å². The Bertz CT molecular complexity index is 1350. The molecule has 10 nitrogen and oxygen atoms in total. The van der Waals surface area contributed by atoms with Gasteiger partial charge in [0.1, 0.15) is 17.6 Å². The first-order valence-corrected chi connectivity index (χ1v) is 15.3. The van der Waals surface area contributed by atoms with Gasteiger partial charge in [0.15, 0.2) is 0 Å². The average molecular weight is 610 g/mol. The second-order valence-corrected chi connectivity index (χ2v) is 12.2. The van der Waals surface area contributed by atoms with E-state index in [1.165, 1.54) is 5.56 Å². The molecule has 232 valence electrons. The summed E-state index contributed by atoms with van der Waals surface area (Å²) >= 11 is 6.51. The monoisotopic (exact) mass is 609 g/mol. The van der Waals surface area contributed by atoms with Gasteiger partial charge in [0.05, 0.1) is 5.03 Å². The number of carbonyl (C=O) groups is 2. The number of anilines is 3. The summed E-state index contributed by atoms with van der Waals surface area (Å²) in [4.78, 5) is 34.0. The number of hydrogen-bond acceptors (Lipinski definition) is 7. The summed E-state index contributed by atoms with van der Waals surface area (Å²) in [5.41, 5.74) is 4.26. The number of aliphatic imine (C=N–C) groups is 1. The van der Waals surface area contributed by atoms with Gasteiger partial charge in [-0.1, -0.05) is 29.8 Å². The van der Waals surface area contributed by atoms with Crippen LogP contribution in [0.25, 0.3) is 0 Å². The summed E-state index contributed by atoms with van der Waals surface area (Å²) in [6.07, 6.45) is 2.87. The largest absolute Gasteiger partial charge is 0.444 e. The van der Waals surface area contributed by atoms with Crippen molar-refractivity contribution in [3.8, 4) is 0 Å². The number of ether oxygens (including phenoxy) is 1. The molecule has 2 aliphatic heterocycles. The number of allylic oxidation sites excluding steroid dienone is 1. The minimum atomic E-state index is -0.506. The molecule has 0 saturated carbocycles. The molecular formula is C32H44ClN7O3. The van der Waals surface area contributed by atoms with Crippen LogP contribution in [0.15, 0.2) is 58.6 Å². The molecule has 0 aromatic heterocycles. The molecule has 2 aromatic carbocycles. The summed E-state index contributed by atoms with van der Waals surface area (Å²) in [6.45, 7) is 13.3. The highest BCUT2D eigenvalue weighted by Crippen LogP contribution is 2.25. The van der Waals surface area contributed by atoms with Gasteiger partial charge in [-0.25, -0.2) is 14.6 Å². The number of amides is 3. The van der Waals surface area contributed by atoms with Crippen LogP contribution in [0.3, 0.4) is 0 Å². The molecule has 0 spiro atoms. The molecule has 4 bridgehead atoms. The van der Waals surface area contributed by atoms with Gasteiger partial charge in [0.2, 0.25) is 0 Å². The lowest BCUT2D eigenvalue weighted by Crippen LogP contribution is -2.51. The second-order valence-electron chi connectivity index (χ2n) is 11.8. The van der Waals surface area contributed by atoms with Crippen molar-refractivity contribution in [1.82, 2.24) is 15.1 Å². The number of aryl methyl sites for hydroxylation is 2. The van der Waals surface area contributed by atoms with E-state index in [4.69, 9.17) is 21.3 Å². The molecule has 1 saturated heterocycles. The van der Waals surface area contributed by atoms with Gasteiger partial charge in [0.25, 0.3) is 0 Å². The molecule has 4 N–H and O–H groups in total. The maximum absolute atomic E-state index is 12.9. The first-order chi connectivity index (χ1) is 20.5. The van der Waals surface area contributed by atoms with Crippen molar-refractivity contribution in [3.05, 3.63) is 64.7 Å². The van der Waals surface area contributed by atoms with Gasteiger partial charge in [-0.2, -0.15) is 0 Å². The Morgan fingerprint density at radius 3 is 2.58 bits per heavy atom. The molecule has 1 atom stereocenters. The van der Waals surface area contributed by atoms with E-state index in [-0.39, 0.29) is 18.3 Å². The fourth-order valence-corrected chi connectivity index (χ4v) is 5.06. The number of urea groups is 1. The van der Waals surface area contributed by atoms with Crippen LogP contribution in [-0.4, -0.2) is 78.8 Å². The molecule has 3 amide bonds. The van der Waals surface area contributed by atoms with Crippen molar-refractivity contribution >= 4 is 46.6 Å². The average Bonchev–Trinajstić information content (AvgIpc) is 2.96. The number of hydrogen-bond donors (Lipinski definition) is 4. The fourth-order valence-electron chi connectivity index (χ4n) is 4.96. The maximum atomic E-state index is 12.9. The van der Waals surface area contributed by atoms with E-state index >= 15 is 0 Å². The van der Waals surface area contributed by atoms with Crippen molar-refractivity contribution in [3.63, 3.8) is 0 Å². The predicted molar refractivity (Wildman–Crippen MR) is 175 cm³/mol. The maximum Gasteiger partial charge on any atom is 0.410 e. The zero-order chi connectivity index (χ0) is 31.0. The lowest BCUT2D eigenvalue weighted by Gasteiger charge is -2.35. The molecule has 11 heteroatoms. The van der Waals surface area contributed by atoms with Crippen molar-refractivity contribution in [2.24, 2.45) is 4.99 Å². The van der Waals surface area contributed by atoms with Crippen LogP contribution in [0.1, 0.15) is 45.7 Å². The SMILES string of the molecule is C/C=C(Cl)\C1=N/C(C)Nc2cccc(c2)CCc2cc(ccc2NC(=O)NCCN2CCN(C(=O)OC(C)(C)C)CC2)N1. The topological polar surface area (TPSA) is 110 Å². The highest BCUT2D eigenvalue weighted by Gasteiger charge is 2.25. The normalized spacial score (nSPS) is 19.3. The Morgan fingerprint density at radius 1 is 1.09 bits per heavy atom. The van der Waals surface area contributed by atoms with Crippen molar-refractivity contribution in [2.75, 3.05) is 55.2 Å². The smallest absolute Gasteiger partial charge is 0.410 e. The Kier molecular flexibility index (Phi) is 10.9. The summed E-state index contributed by atoms with van der Waals surface area (Å²) in [6, 6.07) is 13.9. The highest BCUT2D eigenvalue weighted by molar-refractivity contribution is 6.45. The van der Waals surface area contributed by atoms with Crippen LogP contribution >= 0.6 is 11.6 Å². The molecule has 1 fully saturated rings. The van der Waals surface area contributed by atoms with Gasteiger partial charge < -0.3 is 30.9 Å². The predicted octanol–water partition coefficient (Wildman–Crippen LogP) is 5.87. The van der Waals surface area contributed by atoms with Crippen LogP contribution in [0.2, 0.25) is 0 Å². The van der Waals surface area contributed by atoms with Crippen LogP contribution < -0.4 is 21.3 Å². The molecule has 1 unspecified atom stereocenters. The Balaban J connectivity index is 1.37. The van der Waals surface area contributed by atoms with Crippen molar-refractivity contribution in [2.45, 2.75) is 59.2 Å². The number of amidine groups is 1. The zero-order valence-electron chi connectivity index (χ0n) is 25.8. The van der Waals surface area contributed by atoms with Gasteiger partial charge in [0, 0.05) is 56.3 Å². The number of nitrogens with zero attached hydrogens (tertiary/aromatic N) is 3. The molecule has 2 aromatic rings. The minimum Gasteiger partial charge on any atom is -0.444 e. The van der Waals surface area contributed by atoms with E-state index in [2.05, 4.69) is 38.3 Å². The summed E-state index contributed by atoms with van der Waals surface area (Å²) in [7, 11) is 0. The number of fused-ring (bicyclic) bond motifs is 4. The number of halogens is 1. The zero-order valence-corrected chi connectivity index (χ0v) is 26.6. The number of piperazine rings is 1. The molecule has 43 heavy (non-hydrogen) atoms. The van der Waals surface area contributed by atoms with Gasteiger partial charge >= 0.3 is 12.1 Å². The third kappa shape index (κ3) is 9.90. The van der Waals surface area contributed by atoms with E-state index in [1.807, 2.05) is 65.0 Å². The van der Waals surface area contributed by atoms with Crippen LogP contribution in [0, 0.1) is 0 Å². The summed E-state index contributed by atoms with van der Waals surface area (Å²) in [5.74, 6) is 0.566. The molecular weight excluding hydrogens is 566 g/mol. The highest BCUT2D eigenvalue weighted by atomic mass is 35.5. The lowest BCUT2D eigenvalue weighted by molar-refractivity contribution is 0.0147.